The van der Waals surface area contributed by atoms with E-state index in [1.54, 1.807) is 0 Å². The molecule has 0 spiro atoms. The fourth-order valence-electron chi connectivity index (χ4n) is 2.40. The van der Waals surface area contributed by atoms with Gasteiger partial charge in [-0.3, -0.25) is 0 Å². The number of aromatic amines is 2. The standard InChI is InChI=1S/C16H12ClN4/c1-9(15-18-11-4-2-3-5-12(11)19-15)16-20-13-7-6-10(17)8-14(13)21-16/h2-8H,1H3,(H,18,19)(H,20,21). The van der Waals surface area contributed by atoms with Gasteiger partial charge in [0.15, 0.2) is 0 Å². The molecule has 2 aromatic heterocycles. The van der Waals surface area contributed by atoms with Gasteiger partial charge in [-0.05, 0) is 37.3 Å². The normalized spacial score (nSPS) is 11.8. The van der Waals surface area contributed by atoms with E-state index in [-0.39, 0.29) is 0 Å². The third-order valence-electron chi connectivity index (χ3n) is 3.54. The van der Waals surface area contributed by atoms with E-state index < -0.39 is 0 Å². The van der Waals surface area contributed by atoms with Gasteiger partial charge in [-0.1, -0.05) is 23.7 Å². The Morgan fingerprint density at radius 1 is 0.905 bits per heavy atom. The molecule has 4 rings (SSSR count). The number of halogens is 1. The van der Waals surface area contributed by atoms with Crippen LogP contribution < -0.4 is 0 Å². The summed E-state index contributed by atoms with van der Waals surface area (Å²) in [6.07, 6.45) is 0. The summed E-state index contributed by atoms with van der Waals surface area (Å²) in [6, 6.07) is 13.6. The Morgan fingerprint density at radius 3 is 2.33 bits per heavy atom. The number of rotatable bonds is 2. The van der Waals surface area contributed by atoms with Crippen molar-refractivity contribution in [2.24, 2.45) is 0 Å². The van der Waals surface area contributed by atoms with Crippen LogP contribution in [0.5, 0.6) is 0 Å². The molecule has 0 unspecified atom stereocenters. The van der Waals surface area contributed by atoms with E-state index >= 15 is 0 Å². The first-order valence-corrected chi connectivity index (χ1v) is 7.03. The number of imidazole rings is 2. The predicted octanol–water partition coefficient (Wildman–Crippen LogP) is 4.08. The van der Waals surface area contributed by atoms with Gasteiger partial charge in [0.1, 0.15) is 17.6 Å². The molecule has 4 aromatic rings. The van der Waals surface area contributed by atoms with Crippen molar-refractivity contribution >= 4 is 33.7 Å². The molecule has 0 aliphatic carbocycles. The van der Waals surface area contributed by atoms with Crippen LogP contribution in [0.15, 0.2) is 42.5 Å². The number of fused-ring (bicyclic) bond motifs is 2. The fourth-order valence-corrected chi connectivity index (χ4v) is 2.57. The number of para-hydroxylation sites is 2. The molecule has 0 fully saturated rings. The van der Waals surface area contributed by atoms with Gasteiger partial charge >= 0.3 is 0 Å². The van der Waals surface area contributed by atoms with Crippen molar-refractivity contribution in [3.05, 3.63) is 65.1 Å². The summed E-state index contributed by atoms with van der Waals surface area (Å²) >= 11 is 6.00. The number of nitrogens with one attached hydrogen (secondary N) is 2. The van der Waals surface area contributed by atoms with Crippen molar-refractivity contribution in [2.75, 3.05) is 0 Å². The van der Waals surface area contributed by atoms with Crippen molar-refractivity contribution in [1.29, 1.82) is 0 Å². The largest absolute Gasteiger partial charge is 0.341 e. The maximum atomic E-state index is 6.00. The lowest BCUT2D eigenvalue weighted by Gasteiger charge is -2.02. The second kappa shape index (κ2) is 4.60. The Labute approximate surface area is 126 Å². The molecule has 0 saturated carbocycles. The molecule has 0 aliphatic heterocycles. The summed E-state index contributed by atoms with van der Waals surface area (Å²) in [4.78, 5) is 15.8. The van der Waals surface area contributed by atoms with Crippen molar-refractivity contribution in [2.45, 2.75) is 6.92 Å². The molecule has 0 atom stereocenters. The van der Waals surface area contributed by atoms with E-state index in [0.29, 0.717) is 5.02 Å². The van der Waals surface area contributed by atoms with Crippen LogP contribution in [0.3, 0.4) is 0 Å². The maximum Gasteiger partial charge on any atom is 0.122 e. The number of nitrogens with zero attached hydrogens (tertiary/aromatic N) is 2. The molecule has 2 heterocycles. The Bertz CT molecular complexity index is 905. The minimum atomic E-state index is 0.682. The highest BCUT2D eigenvalue weighted by molar-refractivity contribution is 6.31. The zero-order valence-corrected chi connectivity index (χ0v) is 12.1. The average Bonchev–Trinajstić information content (AvgIpc) is 3.09. The smallest absolute Gasteiger partial charge is 0.122 e. The molecule has 5 heteroatoms. The van der Waals surface area contributed by atoms with E-state index in [9.17, 15) is 0 Å². The average molecular weight is 296 g/mol. The molecule has 21 heavy (non-hydrogen) atoms. The van der Waals surface area contributed by atoms with Gasteiger partial charge in [-0.2, -0.15) is 0 Å². The summed E-state index contributed by atoms with van der Waals surface area (Å²) in [6.45, 7) is 2.00. The predicted molar refractivity (Wildman–Crippen MR) is 84.3 cm³/mol. The molecule has 2 aromatic carbocycles. The van der Waals surface area contributed by atoms with Crippen LogP contribution in [-0.4, -0.2) is 19.9 Å². The summed E-state index contributed by atoms with van der Waals surface area (Å²) < 4.78 is 0. The molecule has 1 radical (unpaired) electrons. The number of hydrogen-bond donors (Lipinski definition) is 2. The van der Waals surface area contributed by atoms with Crippen LogP contribution in [0.2, 0.25) is 5.02 Å². The van der Waals surface area contributed by atoms with Crippen molar-refractivity contribution < 1.29 is 0 Å². The van der Waals surface area contributed by atoms with Crippen molar-refractivity contribution in [3.8, 4) is 0 Å². The highest BCUT2D eigenvalue weighted by Crippen LogP contribution is 2.24. The molecular weight excluding hydrogens is 284 g/mol. The third-order valence-corrected chi connectivity index (χ3v) is 3.78. The summed E-state index contributed by atoms with van der Waals surface area (Å²) in [5, 5.41) is 0.682. The van der Waals surface area contributed by atoms with Gasteiger partial charge in [0.25, 0.3) is 0 Å². The van der Waals surface area contributed by atoms with Gasteiger partial charge in [0.05, 0.1) is 22.1 Å². The molecule has 0 bridgehead atoms. The second-order valence-corrected chi connectivity index (χ2v) is 5.41. The SMILES string of the molecule is C[C](c1nc2ccccc2[nH]1)c1nc2cc(Cl)ccc2[nH]1. The monoisotopic (exact) mass is 295 g/mol. The lowest BCUT2D eigenvalue weighted by molar-refractivity contribution is 0.985. The van der Waals surface area contributed by atoms with Crippen molar-refractivity contribution in [1.82, 2.24) is 19.9 Å². The zero-order valence-electron chi connectivity index (χ0n) is 11.3. The van der Waals surface area contributed by atoms with Crippen LogP contribution in [0.1, 0.15) is 18.6 Å². The van der Waals surface area contributed by atoms with Crippen LogP contribution >= 0.6 is 11.6 Å². The van der Waals surface area contributed by atoms with E-state index in [4.69, 9.17) is 11.6 Å². The zero-order chi connectivity index (χ0) is 14.4. The van der Waals surface area contributed by atoms with Gasteiger partial charge in [0, 0.05) is 5.02 Å². The van der Waals surface area contributed by atoms with E-state index in [2.05, 4.69) is 19.9 Å². The fraction of sp³-hybridized carbons (Fsp3) is 0.0625. The van der Waals surface area contributed by atoms with Crippen LogP contribution in [0.4, 0.5) is 0 Å². The van der Waals surface area contributed by atoms with Gasteiger partial charge < -0.3 is 9.97 Å². The quantitative estimate of drug-likeness (QED) is 0.585. The minimum absolute atomic E-state index is 0.682. The summed E-state index contributed by atoms with van der Waals surface area (Å²) in [5.41, 5.74) is 3.79. The van der Waals surface area contributed by atoms with Gasteiger partial charge in [-0.25, -0.2) is 9.97 Å². The molecule has 0 amide bonds. The lowest BCUT2D eigenvalue weighted by Crippen LogP contribution is -2.01. The van der Waals surface area contributed by atoms with Crippen LogP contribution in [-0.2, 0) is 0 Å². The number of hydrogen-bond acceptors (Lipinski definition) is 2. The van der Waals surface area contributed by atoms with Gasteiger partial charge in [-0.15, -0.1) is 0 Å². The Kier molecular flexibility index (Phi) is 2.72. The van der Waals surface area contributed by atoms with Crippen LogP contribution in [0.25, 0.3) is 22.1 Å². The first-order chi connectivity index (χ1) is 10.2. The number of benzene rings is 2. The molecule has 2 N–H and O–H groups in total. The highest BCUT2D eigenvalue weighted by atomic mass is 35.5. The van der Waals surface area contributed by atoms with E-state index in [1.165, 1.54) is 0 Å². The van der Waals surface area contributed by atoms with Gasteiger partial charge in [0.2, 0.25) is 0 Å². The topological polar surface area (TPSA) is 57.4 Å². The summed E-state index contributed by atoms with van der Waals surface area (Å²) in [7, 11) is 0. The third kappa shape index (κ3) is 2.08. The van der Waals surface area contributed by atoms with E-state index in [1.807, 2.05) is 49.4 Å². The summed E-state index contributed by atoms with van der Waals surface area (Å²) in [5.74, 6) is 2.59. The Balaban J connectivity index is 1.79. The first kappa shape index (κ1) is 12.4. The molecule has 4 nitrogen and oxygen atoms in total. The van der Waals surface area contributed by atoms with Crippen molar-refractivity contribution in [3.63, 3.8) is 0 Å². The highest BCUT2D eigenvalue weighted by Gasteiger charge is 2.17. The molecular formula is C16H12ClN4. The second-order valence-electron chi connectivity index (χ2n) is 4.97. The lowest BCUT2D eigenvalue weighted by atomic mass is 10.1. The Hall–Kier alpha value is -2.33. The number of H-pyrrole nitrogens is 2. The molecule has 0 saturated heterocycles. The van der Waals surface area contributed by atoms with E-state index in [0.717, 1.165) is 39.6 Å². The molecule has 103 valence electrons. The Morgan fingerprint density at radius 2 is 1.57 bits per heavy atom. The van der Waals surface area contributed by atoms with Crippen LogP contribution in [0, 0.1) is 5.92 Å². The maximum absolute atomic E-state index is 6.00. The first-order valence-electron chi connectivity index (χ1n) is 6.65. The number of aromatic nitrogens is 4. The molecule has 0 aliphatic rings. The minimum Gasteiger partial charge on any atom is -0.341 e.